The first-order chi connectivity index (χ1) is 8.70. The molecule has 0 bridgehead atoms. The largest absolute Gasteiger partial charge is 0.394 e. The Morgan fingerprint density at radius 2 is 2.33 bits per heavy atom. The highest BCUT2D eigenvalue weighted by molar-refractivity contribution is 7.80. The van der Waals surface area contributed by atoms with E-state index in [2.05, 4.69) is 9.97 Å². The second kappa shape index (κ2) is 7.91. The maximum absolute atomic E-state index is 8.63. The molecule has 0 saturated carbocycles. The fourth-order valence-electron chi connectivity index (χ4n) is 1.50. The van der Waals surface area contributed by atoms with Gasteiger partial charge in [0.2, 0.25) is 0 Å². The van der Waals surface area contributed by atoms with Gasteiger partial charge >= 0.3 is 0 Å². The van der Waals surface area contributed by atoms with E-state index in [1.807, 2.05) is 11.8 Å². The molecule has 100 valence electrons. The summed E-state index contributed by atoms with van der Waals surface area (Å²) in [4.78, 5) is 10.4. The van der Waals surface area contributed by atoms with Gasteiger partial charge in [-0.2, -0.15) is 0 Å². The molecule has 0 aliphatic carbocycles. The van der Waals surface area contributed by atoms with Gasteiger partial charge < -0.3 is 20.5 Å². The smallest absolute Gasteiger partial charge is 0.142 e. The topological polar surface area (TPSA) is 84.5 Å². The van der Waals surface area contributed by atoms with Crippen LogP contribution in [0.4, 0.5) is 5.82 Å². The van der Waals surface area contributed by atoms with Crippen molar-refractivity contribution in [3.8, 4) is 0 Å². The summed E-state index contributed by atoms with van der Waals surface area (Å²) < 4.78 is 5.24. The third kappa shape index (κ3) is 4.17. The van der Waals surface area contributed by atoms with E-state index in [1.165, 1.54) is 6.33 Å². The molecule has 1 aromatic heterocycles. The van der Waals surface area contributed by atoms with Gasteiger partial charge in [0.05, 0.1) is 25.4 Å². The van der Waals surface area contributed by atoms with Crippen molar-refractivity contribution in [3.63, 3.8) is 0 Å². The number of aliphatic hydroxyl groups is 1. The van der Waals surface area contributed by atoms with Crippen LogP contribution in [0.1, 0.15) is 12.5 Å². The molecular weight excluding hydrogens is 252 g/mol. The molecule has 1 aromatic rings. The fraction of sp³-hybridized carbons (Fsp3) is 0.545. The molecular formula is C11H18N4O2S. The number of aliphatic hydroxyl groups excluding tert-OH is 1. The lowest BCUT2D eigenvalue weighted by Gasteiger charge is -2.23. The van der Waals surface area contributed by atoms with Crippen molar-refractivity contribution in [2.24, 2.45) is 5.73 Å². The van der Waals surface area contributed by atoms with Crippen LogP contribution in [0, 0.1) is 0 Å². The molecule has 1 rings (SSSR count). The van der Waals surface area contributed by atoms with Crippen molar-refractivity contribution >= 4 is 23.0 Å². The highest BCUT2D eigenvalue weighted by atomic mass is 32.1. The number of aromatic nitrogens is 2. The molecule has 0 radical (unpaired) electrons. The molecule has 0 atom stereocenters. The molecule has 0 fully saturated rings. The SMILES string of the molecule is CCN(CCOCCO)c1ncncc1C(N)=S. The van der Waals surface area contributed by atoms with Gasteiger partial charge in [-0.15, -0.1) is 0 Å². The minimum Gasteiger partial charge on any atom is -0.394 e. The third-order valence-electron chi connectivity index (χ3n) is 2.38. The lowest BCUT2D eigenvalue weighted by molar-refractivity contribution is 0.0967. The van der Waals surface area contributed by atoms with Crippen molar-refractivity contribution in [1.29, 1.82) is 0 Å². The number of anilines is 1. The quantitative estimate of drug-likeness (QED) is 0.506. The van der Waals surface area contributed by atoms with Crippen LogP contribution in [0.2, 0.25) is 0 Å². The molecule has 0 aromatic carbocycles. The van der Waals surface area contributed by atoms with Crippen LogP contribution in [-0.4, -0.2) is 53.0 Å². The summed E-state index contributed by atoms with van der Waals surface area (Å²) in [5, 5.41) is 8.63. The Labute approximate surface area is 112 Å². The van der Waals surface area contributed by atoms with Crippen LogP contribution in [0.15, 0.2) is 12.5 Å². The summed E-state index contributed by atoms with van der Waals surface area (Å²) in [6.07, 6.45) is 3.08. The molecule has 0 saturated heterocycles. The molecule has 0 amide bonds. The Hall–Kier alpha value is -1.31. The van der Waals surface area contributed by atoms with E-state index in [0.29, 0.717) is 31.1 Å². The first-order valence-electron chi connectivity index (χ1n) is 5.74. The summed E-state index contributed by atoms with van der Waals surface area (Å²) in [5.41, 5.74) is 6.31. The second-order valence-electron chi connectivity index (χ2n) is 3.54. The van der Waals surface area contributed by atoms with Crippen molar-refractivity contribution in [2.45, 2.75) is 6.92 Å². The lowest BCUT2D eigenvalue weighted by atomic mass is 10.3. The van der Waals surface area contributed by atoms with E-state index in [0.717, 1.165) is 6.54 Å². The predicted octanol–water partition coefficient (Wildman–Crippen LogP) is -0.0540. The summed E-state index contributed by atoms with van der Waals surface area (Å²) in [5.74, 6) is 0.715. The fourth-order valence-corrected chi connectivity index (χ4v) is 1.65. The van der Waals surface area contributed by atoms with Crippen LogP contribution < -0.4 is 10.6 Å². The Morgan fingerprint density at radius 3 is 2.94 bits per heavy atom. The highest BCUT2D eigenvalue weighted by Crippen LogP contribution is 2.15. The van der Waals surface area contributed by atoms with Crippen LogP contribution in [0.25, 0.3) is 0 Å². The van der Waals surface area contributed by atoms with Crippen LogP contribution in [0.3, 0.4) is 0 Å². The van der Waals surface area contributed by atoms with Crippen molar-refractivity contribution in [2.75, 3.05) is 37.8 Å². The lowest BCUT2D eigenvalue weighted by Crippen LogP contribution is -2.30. The average molecular weight is 270 g/mol. The molecule has 6 nitrogen and oxygen atoms in total. The number of nitrogens with two attached hydrogens (primary N) is 1. The van der Waals surface area contributed by atoms with Gasteiger partial charge in [-0.3, -0.25) is 0 Å². The van der Waals surface area contributed by atoms with Crippen LogP contribution in [-0.2, 0) is 4.74 Å². The number of likely N-dealkylation sites (N-methyl/N-ethyl adjacent to an activating group) is 1. The van der Waals surface area contributed by atoms with Gasteiger partial charge in [0.15, 0.2) is 0 Å². The third-order valence-corrected chi connectivity index (χ3v) is 2.60. The van der Waals surface area contributed by atoms with E-state index >= 15 is 0 Å². The zero-order chi connectivity index (χ0) is 13.4. The maximum atomic E-state index is 8.63. The van der Waals surface area contributed by atoms with Gasteiger partial charge in [0, 0.05) is 19.3 Å². The summed E-state index contributed by atoms with van der Waals surface area (Å²) in [6, 6.07) is 0. The average Bonchev–Trinajstić information content (AvgIpc) is 2.39. The van der Waals surface area contributed by atoms with Gasteiger partial charge in [0.25, 0.3) is 0 Å². The summed E-state index contributed by atoms with van der Waals surface area (Å²) >= 11 is 4.98. The number of hydrogen-bond acceptors (Lipinski definition) is 6. The van der Waals surface area contributed by atoms with Gasteiger partial charge in [0.1, 0.15) is 17.1 Å². The van der Waals surface area contributed by atoms with Crippen LogP contribution >= 0.6 is 12.2 Å². The Bertz CT molecular complexity index is 389. The Kier molecular flexibility index (Phi) is 6.48. The number of ether oxygens (including phenoxy) is 1. The van der Waals surface area contributed by atoms with E-state index < -0.39 is 0 Å². The number of nitrogens with zero attached hydrogens (tertiary/aromatic N) is 3. The van der Waals surface area contributed by atoms with Crippen molar-refractivity contribution in [1.82, 2.24) is 9.97 Å². The molecule has 1 heterocycles. The van der Waals surface area contributed by atoms with Crippen molar-refractivity contribution < 1.29 is 9.84 Å². The number of thiocarbonyl (C=S) groups is 1. The van der Waals surface area contributed by atoms with E-state index in [4.69, 9.17) is 27.8 Å². The minimum absolute atomic E-state index is 0.0256. The molecule has 7 heteroatoms. The molecule has 0 aliphatic heterocycles. The van der Waals surface area contributed by atoms with E-state index in [-0.39, 0.29) is 11.6 Å². The molecule has 3 N–H and O–H groups in total. The maximum Gasteiger partial charge on any atom is 0.142 e. The molecule has 0 spiro atoms. The van der Waals surface area contributed by atoms with Gasteiger partial charge in [-0.05, 0) is 6.92 Å². The number of hydrogen-bond donors (Lipinski definition) is 2. The molecule has 18 heavy (non-hydrogen) atoms. The van der Waals surface area contributed by atoms with Gasteiger partial charge in [-0.1, -0.05) is 12.2 Å². The Morgan fingerprint density at radius 1 is 1.56 bits per heavy atom. The van der Waals surface area contributed by atoms with Gasteiger partial charge in [-0.25, -0.2) is 9.97 Å². The first-order valence-corrected chi connectivity index (χ1v) is 6.14. The zero-order valence-corrected chi connectivity index (χ0v) is 11.2. The monoisotopic (exact) mass is 270 g/mol. The van der Waals surface area contributed by atoms with Crippen LogP contribution in [0.5, 0.6) is 0 Å². The second-order valence-corrected chi connectivity index (χ2v) is 3.98. The Balaban J connectivity index is 2.72. The number of rotatable bonds is 8. The molecule has 0 aliphatic rings. The first kappa shape index (κ1) is 14.7. The van der Waals surface area contributed by atoms with E-state index in [1.54, 1.807) is 6.20 Å². The molecule has 0 unspecified atom stereocenters. The van der Waals surface area contributed by atoms with E-state index in [9.17, 15) is 0 Å². The standard InChI is InChI=1S/C11H18N4O2S/c1-2-15(3-5-17-6-4-16)11-9(10(12)18)7-13-8-14-11/h7-8,16H,2-6H2,1H3,(H2,12,18). The summed E-state index contributed by atoms with van der Waals surface area (Å²) in [7, 11) is 0. The van der Waals surface area contributed by atoms with Crippen molar-refractivity contribution in [3.05, 3.63) is 18.1 Å². The normalized spacial score (nSPS) is 10.3. The highest BCUT2D eigenvalue weighted by Gasteiger charge is 2.13. The predicted molar refractivity (Wildman–Crippen MR) is 73.7 cm³/mol. The zero-order valence-electron chi connectivity index (χ0n) is 10.4. The summed E-state index contributed by atoms with van der Waals surface area (Å²) in [6.45, 7) is 4.30. The minimum atomic E-state index is 0.0256.